The van der Waals surface area contributed by atoms with Crippen molar-refractivity contribution in [1.82, 2.24) is 15.0 Å². The number of aromatic nitrogens is 3. The van der Waals surface area contributed by atoms with Crippen molar-refractivity contribution in [3.05, 3.63) is 89.7 Å². The number of aromatic amines is 1. The molecule has 0 spiro atoms. The van der Waals surface area contributed by atoms with E-state index >= 15 is 0 Å². The Morgan fingerprint density at radius 1 is 0.737 bits per heavy atom. The first-order valence-corrected chi connectivity index (χ1v) is 13.9. The summed E-state index contributed by atoms with van der Waals surface area (Å²) in [6.45, 7) is 0. The minimum atomic E-state index is 0.276. The van der Waals surface area contributed by atoms with Gasteiger partial charge in [-0.25, -0.2) is 9.97 Å². The number of phenolic OH excluding ortho intramolecular Hbond substituents is 1. The Labute approximate surface area is 223 Å². The van der Waals surface area contributed by atoms with E-state index in [1.165, 1.54) is 51.4 Å². The molecule has 1 aliphatic carbocycles. The van der Waals surface area contributed by atoms with E-state index in [4.69, 9.17) is 9.97 Å². The Bertz CT molecular complexity index is 1540. The SMILES string of the molecule is Oc1ccc(/C=C/c2ccc(Nc3nc4ccccc4c4nc(C5CCCCCCCC5)[nH]c34)cc2)cc1. The molecule has 3 N–H and O–H groups in total. The molecule has 0 bridgehead atoms. The summed E-state index contributed by atoms with van der Waals surface area (Å²) in [4.78, 5) is 13.9. The molecule has 2 heterocycles. The monoisotopic (exact) mass is 502 g/mol. The number of phenols is 1. The highest BCUT2D eigenvalue weighted by molar-refractivity contribution is 6.07. The van der Waals surface area contributed by atoms with E-state index in [9.17, 15) is 5.11 Å². The fraction of sp³-hybridized carbons (Fsp3) is 0.273. The molecule has 38 heavy (non-hydrogen) atoms. The third-order valence-corrected chi connectivity index (χ3v) is 7.63. The fourth-order valence-corrected chi connectivity index (χ4v) is 5.49. The molecule has 0 amide bonds. The lowest BCUT2D eigenvalue weighted by atomic mass is 9.96. The number of hydrogen-bond acceptors (Lipinski definition) is 4. The van der Waals surface area contributed by atoms with E-state index in [-0.39, 0.29) is 5.75 Å². The van der Waals surface area contributed by atoms with Crippen molar-refractivity contribution in [2.75, 3.05) is 5.32 Å². The maximum atomic E-state index is 9.48. The normalized spacial score (nSPS) is 15.5. The van der Waals surface area contributed by atoms with Gasteiger partial charge in [0.25, 0.3) is 0 Å². The predicted molar refractivity (Wildman–Crippen MR) is 158 cm³/mol. The summed E-state index contributed by atoms with van der Waals surface area (Å²) in [6, 6.07) is 23.8. The molecule has 6 rings (SSSR count). The summed E-state index contributed by atoms with van der Waals surface area (Å²) in [5.41, 5.74) is 6.06. The summed E-state index contributed by atoms with van der Waals surface area (Å²) in [7, 11) is 0. The third kappa shape index (κ3) is 5.42. The summed E-state index contributed by atoms with van der Waals surface area (Å²) < 4.78 is 0. The smallest absolute Gasteiger partial charge is 0.157 e. The van der Waals surface area contributed by atoms with Crippen LogP contribution in [0.2, 0.25) is 0 Å². The van der Waals surface area contributed by atoms with Gasteiger partial charge >= 0.3 is 0 Å². The van der Waals surface area contributed by atoms with Crippen molar-refractivity contribution in [3.63, 3.8) is 0 Å². The Balaban J connectivity index is 1.29. The van der Waals surface area contributed by atoms with E-state index in [1.54, 1.807) is 12.1 Å². The van der Waals surface area contributed by atoms with Crippen LogP contribution in [-0.4, -0.2) is 20.1 Å². The average molecular weight is 503 g/mol. The Morgan fingerprint density at radius 3 is 2.08 bits per heavy atom. The maximum Gasteiger partial charge on any atom is 0.157 e. The predicted octanol–water partition coefficient (Wildman–Crippen LogP) is 8.95. The average Bonchev–Trinajstić information content (AvgIpc) is 3.44. The van der Waals surface area contributed by atoms with Crippen LogP contribution in [0.1, 0.15) is 74.2 Å². The molecule has 2 aromatic heterocycles. The van der Waals surface area contributed by atoms with Crippen LogP contribution in [0.4, 0.5) is 11.5 Å². The van der Waals surface area contributed by atoms with Crippen molar-refractivity contribution < 1.29 is 5.11 Å². The van der Waals surface area contributed by atoms with Gasteiger partial charge in [-0.2, -0.15) is 0 Å². The van der Waals surface area contributed by atoms with E-state index < -0.39 is 0 Å². The summed E-state index contributed by atoms with van der Waals surface area (Å²) in [5.74, 6) is 2.68. The topological polar surface area (TPSA) is 73.8 Å². The molecule has 0 aliphatic heterocycles. The van der Waals surface area contributed by atoms with E-state index in [0.29, 0.717) is 5.92 Å². The lowest BCUT2D eigenvalue weighted by Crippen LogP contribution is -2.01. The number of benzene rings is 3. The van der Waals surface area contributed by atoms with Gasteiger partial charge in [0.1, 0.15) is 22.6 Å². The highest BCUT2D eigenvalue weighted by Crippen LogP contribution is 2.34. The lowest BCUT2D eigenvalue weighted by Gasteiger charge is -2.12. The zero-order valence-electron chi connectivity index (χ0n) is 21.7. The van der Waals surface area contributed by atoms with Gasteiger partial charge in [-0.05, 0) is 54.3 Å². The first kappa shape index (κ1) is 24.2. The molecule has 5 heteroatoms. The number of hydrogen-bond donors (Lipinski definition) is 3. The number of anilines is 2. The van der Waals surface area contributed by atoms with Gasteiger partial charge in [0.15, 0.2) is 5.82 Å². The quantitative estimate of drug-likeness (QED) is 0.210. The van der Waals surface area contributed by atoms with Gasteiger partial charge < -0.3 is 15.4 Å². The second-order valence-electron chi connectivity index (χ2n) is 10.4. The first-order valence-electron chi connectivity index (χ1n) is 13.9. The van der Waals surface area contributed by atoms with Crippen LogP contribution in [0.15, 0.2) is 72.8 Å². The summed E-state index contributed by atoms with van der Waals surface area (Å²) in [6.07, 6.45) is 14.4. The van der Waals surface area contributed by atoms with Gasteiger partial charge in [-0.1, -0.05) is 93.1 Å². The maximum absolute atomic E-state index is 9.48. The molecule has 5 aromatic rings. The molecule has 1 fully saturated rings. The minimum Gasteiger partial charge on any atom is -0.508 e. The molecule has 3 aromatic carbocycles. The zero-order valence-corrected chi connectivity index (χ0v) is 21.7. The first-order chi connectivity index (χ1) is 18.7. The van der Waals surface area contributed by atoms with E-state index in [1.807, 2.05) is 24.3 Å². The van der Waals surface area contributed by atoms with Crippen molar-refractivity contribution in [2.24, 2.45) is 0 Å². The number of aromatic hydroxyl groups is 1. The number of para-hydroxylation sites is 1. The zero-order chi connectivity index (χ0) is 25.7. The van der Waals surface area contributed by atoms with Gasteiger partial charge in [0, 0.05) is 17.0 Å². The largest absolute Gasteiger partial charge is 0.508 e. The molecule has 1 saturated carbocycles. The van der Waals surface area contributed by atoms with Crippen LogP contribution in [-0.2, 0) is 0 Å². The van der Waals surface area contributed by atoms with Crippen LogP contribution in [0.25, 0.3) is 34.1 Å². The van der Waals surface area contributed by atoms with Gasteiger partial charge in [-0.15, -0.1) is 0 Å². The van der Waals surface area contributed by atoms with E-state index in [0.717, 1.165) is 50.4 Å². The van der Waals surface area contributed by atoms with Crippen molar-refractivity contribution in [2.45, 2.75) is 57.3 Å². The minimum absolute atomic E-state index is 0.276. The third-order valence-electron chi connectivity index (χ3n) is 7.63. The second-order valence-corrected chi connectivity index (χ2v) is 10.4. The van der Waals surface area contributed by atoms with Gasteiger partial charge in [-0.3, -0.25) is 0 Å². The molecular weight excluding hydrogens is 468 g/mol. The second kappa shape index (κ2) is 11.1. The van der Waals surface area contributed by atoms with Crippen LogP contribution >= 0.6 is 0 Å². The molecule has 0 atom stereocenters. The Kier molecular flexibility index (Phi) is 7.07. The van der Waals surface area contributed by atoms with E-state index in [2.05, 4.69) is 58.8 Å². The molecule has 0 saturated heterocycles. The van der Waals surface area contributed by atoms with Crippen LogP contribution in [0.5, 0.6) is 5.75 Å². The number of fused-ring (bicyclic) bond motifs is 3. The number of nitrogens with zero attached hydrogens (tertiary/aromatic N) is 2. The summed E-state index contributed by atoms with van der Waals surface area (Å²) in [5, 5.41) is 14.1. The number of H-pyrrole nitrogens is 1. The standard InChI is InChI=1S/C33H34N4O/c38-27-21-17-24(18-22-27)14-13-23-15-19-26(20-16-23)34-33-31-30(28-11-7-8-12-29(28)35-33)36-32(37-31)25-9-5-3-1-2-4-6-10-25/h7-8,11-22,25,38H,1-6,9-10H2,(H,34,35)(H,36,37)/b14-13+. The molecule has 0 radical (unpaired) electrons. The number of nitrogens with one attached hydrogen (secondary N) is 2. The Morgan fingerprint density at radius 2 is 1.37 bits per heavy atom. The van der Waals surface area contributed by atoms with Crippen molar-refractivity contribution in [1.29, 1.82) is 0 Å². The number of pyridine rings is 1. The molecule has 0 unspecified atom stereocenters. The van der Waals surface area contributed by atoms with Crippen molar-refractivity contribution >= 4 is 45.6 Å². The molecule has 192 valence electrons. The van der Waals surface area contributed by atoms with Gasteiger partial charge in [0.2, 0.25) is 0 Å². The number of imidazole rings is 1. The lowest BCUT2D eigenvalue weighted by molar-refractivity contribution is 0.475. The van der Waals surface area contributed by atoms with Gasteiger partial charge in [0.05, 0.1) is 5.52 Å². The number of rotatable bonds is 5. The molecule has 5 nitrogen and oxygen atoms in total. The molecular formula is C33H34N4O. The van der Waals surface area contributed by atoms with Crippen molar-refractivity contribution in [3.8, 4) is 5.75 Å². The highest BCUT2D eigenvalue weighted by Gasteiger charge is 2.20. The van der Waals surface area contributed by atoms with Crippen LogP contribution in [0.3, 0.4) is 0 Å². The molecule has 1 aliphatic rings. The van der Waals surface area contributed by atoms with Crippen LogP contribution in [0, 0.1) is 0 Å². The van der Waals surface area contributed by atoms with Crippen LogP contribution < -0.4 is 5.32 Å². The highest BCUT2D eigenvalue weighted by atomic mass is 16.3. The summed E-state index contributed by atoms with van der Waals surface area (Å²) >= 11 is 0. The Hall–Kier alpha value is -4.12. The fourth-order valence-electron chi connectivity index (χ4n) is 5.49.